The Bertz CT molecular complexity index is 1030. The fourth-order valence-corrected chi connectivity index (χ4v) is 4.98. The first-order chi connectivity index (χ1) is 15.4. The Morgan fingerprint density at radius 2 is 1.66 bits per heavy atom. The molecule has 3 rings (SSSR count). The van der Waals surface area contributed by atoms with Gasteiger partial charge in [-0.1, -0.05) is 29.6 Å². The van der Waals surface area contributed by atoms with E-state index in [2.05, 4.69) is 4.72 Å². The van der Waals surface area contributed by atoms with Crippen LogP contribution in [0.1, 0.15) is 30.5 Å². The van der Waals surface area contributed by atoms with Gasteiger partial charge in [-0.05, 0) is 98.4 Å². The molecule has 0 aliphatic carbocycles. The SMILES string of the molecule is CNSCCCc1cc(F)ccc1C(C)N(Sc1ccc(Cl)cc1)c1cc(F)ccc1F. The summed E-state index contributed by atoms with van der Waals surface area (Å²) in [5, 5.41) is 0.589. The highest BCUT2D eigenvalue weighted by Crippen LogP contribution is 2.40. The van der Waals surface area contributed by atoms with Gasteiger partial charge in [-0.25, -0.2) is 13.2 Å². The van der Waals surface area contributed by atoms with E-state index in [-0.39, 0.29) is 17.5 Å². The van der Waals surface area contributed by atoms with Crippen LogP contribution >= 0.6 is 35.5 Å². The largest absolute Gasteiger partial charge is 0.302 e. The van der Waals surface area contributed by atoms with E-state index in [1.165, 1.54) is 30.1 Å². The number of nitrogens with one attached hydrogen (secondary N) is 1. The van der Waals surface area contributed by atoms with E-state index in [1.54, 1.807) is 34.5 Å². The molecule has 0 radical (unpaired) electrons. The Balaban J connectivity index is 1.98. The molecule has 0 saturated carbocycles. The number of nitrogens with zero attached hydrogens (tertiary/aromatic N) is 1. The number of benzene rings is 3. The molecule has 0 heterocycles. The van der Waals surface area contributed by atoms with Crippen LogP contribution in [0.2, 0.25) is 5.02 Å². The van der Waals surface area contributed by atoms with Crippen molar-refractivity contribution in [2.45, 2.75) is 30.7 Å². The van der Waals surface area contributed by atoms with E-state index in [9.17, 15) is 13.2 Å². The number of rotatable bonds is 10. The summed E-state index contributed by atoms with van der Waals surface area (Å²) < 4.78 is 47.7. The fourth-order valence-electron chi connectivity index (χ4n) is 3.36. The first kappa shape index (κ1) is 24.8. The third-order valence-electron chi connectivity index (χ3n) is 4.91. The van der Waals surface area contributed by atoms with Crippen molar-refractivity contribution in [2.75, 3.05) is 17.1 Å². The zero-order chi connectivity index (χ0) is 23.1. The van der Waals surface area contributed by atoms with Crippen LogP contribution in [-0.4, -0.2) is 12.8 Å². The minimum atomic E-state index is -0.534. The lowest BCUT2D eigenvalue weighted by Gasteiger charge is -2.32. The molecule has 0 aliphatic rings. The maximum atomic E-state index is 14.8. The molecular weight excluding hydrogens is 473 g/mol. The van der Waals surface area contributed by atoms with E-state index >= 15 is 0 Å². The molecule has 0 amide bonds. The topological polar surface area (TPSA) is 15.3 Å². The van der Waals surface area contributed by atoms with Gasteiger partial charge in [-0.15, -0.1) is 0 Å². The first-order valence-corrected chi connectivity index (χ1v) is 12.3. The summed E-state index contributed by atoms with van der Waals surface area (Å²) in [4.78, 5) is 0.819. The van der Waals surface area contributed by atoms with Crippen LogP contribution in [0, 0.1) is 17.5 Å². The molecule has 2 nitrogen and oxygen atoms in total. The molecule has 0 aliphatic heterocycles. The van der Waals surface area contributed by atoms with Crippen molar-refractivity contribution in [3.8, 4) is 0 Å². The Kier molecular flexibility index (Phi) is 9.22. The van der Waals surface area contributed by atoms with E-state index in [1.807, 2.05) is 26.1 Å². The molecule has 170 valence electrons. The minimum Gasteiger partial charge on any atom is -0.302 e. The lowest BCUT2D eigenvalue weighted by atomic mass is 9.97. The van der Waals surface area contributed by atoms with Gasteiger partial charge in [-0.3, -0.25) is 4.72 Å². The zero-order valence-corrected chi connectivity index (χ0v) is 20.1. The second-order valence-corrected chi connectivity index (χ2v) is 9.73. The van der Waals surface area contributed by atoms with Gasteiger partial charge in [0.15, 0.2) is 0 Å². The number of hydrogen-bond donors (Lipinski definition) is 1. The van der Waals surface area contributed by atoms with Gasteiger partial charge >= 0.3 is 0 Å². The van der Waals surface area contributed by atoms with Crippen LogP contribution in [-0.2, 0) is 6.42 Å². The Labute approximate surface area is 200 Å². The highest BCUT2D eigenvalue weighted by molar-refractivity contribution is 8.00. The summed E-state index contributed by atoms with van der Waals surface area (Å²) in [5.41, 5.74) is 1.84. The van der Waals surface area contributed by atoms with E-state index < -0.39 is 11.6 Å². The highest BCUT2D eigenvalue weighted by atomic mass is 35.5. The molecule has 0 bridgehead atoms. The average Bonchev–Trinajstić information content (AvgIpc) is 2.78. The van der Waals surface area contributed by atoms with Gasteiger partial charge in [-0.2, -0.15) is 0 Å². The number of hydrogen-bond acceptors (Lipinski definition) is 4. The third kappa shape index (κ3) is 6.61. The number of anilines is 1. The molecule has 1 N–H and O–H groups in total. The molecule has 0 fully saturated rings. The van der Waals surface area contributed by atoms with Gasteiger partial charge in [0.2, 0.25) is 0 Å². The lowest BCUT2D eigenvalue weighted by molar-refractivity contribution is 0.595. The molecule has 1 unspecified atom stereocenters. The Morgan fingerprint density at radius 3 is 2.38 bits per heavy atom. The second kappa shape index (κ2) is 11.9. The van der Waals surface area contributed by atoms with E-state index in [0.29, 0.717) is 11.4 Å². The van der Waals surface area contributed by atoms with Crippen molar-refractivity contribution in [3.05, 3.63) is 94.3 Å². The van der Waals surface area contributed by atoms with Crippen LogP contribution in [0.5, 0.6) is 0 Å². The van der Waals surface area contributed by atoms with Gasteiger partial charge in [0.05, 0.1) is 11.7 Å². The van der Waals surface area contributed by atoms with Crippen LogP contribution in [0.15, 0.2) is 65.6 Å². The van der Waals surface area contributed by atoms with Crippen molar-refractivity contribution in [2.24, 2.45) is 0 Å². The van der Waals surface area contributed by atoms with E-state index in [4.69, 9.17) is 11.6 Å². The Morgan fingerprint density at radius 1 is 0.969 bits per heavy atom. The molecule has 8 heteroatoms. The first-order valence-electron chi connectivity index (χ1n) is 10.1. The molecule has 1 atom stereocenters. The monoisotopic (exact) mass is 496 g/mol. The predicted molar refractivity (Wildman–Crippen MR) is 131 cm³/mol. The molecule has 3 aromatic carbocycles. The second-order valence-electron chi connectivity index (χ2n) is 7.14. The smallest absolute Gasteiger partial charge is 0.147 e. The van der Waals surface area contributed by atoms with Gasteiger partial charge in [0, 0.05) is 21.7 Å². The molecular formula is C24H24ClF3N2S2. The maximum absolute atomic E-state index is 14.8. The summed E-state index contributed by atoms with van der Waals surface area (Å²) >= 11 is 8.88. The third-order valence-corrected chi connectivity index (χ3v) is 7.13. The summed E-state index contributed by atoms with van der Waals surface area (Å²) in [6, 6.07) is 14.8. The fraction of sp³-hybridized carbons (Fsp3) is 0.250. The summed E-state index contributed by atoms with van der Waals surface area (Å²) in [6.07, 6.45) is 1.53. The molecule has 0 saturated heterocycles. The maximum Gasteiger partial charge on any atom is 0.147 e. The minimum absolute atomic E-state index is 0.124. The van der Waals surface area contributed by atoms with Crippen LogP contribution in [0.3, 0.4) is 0 Å². The van der Waals surface area contributed by atoms with Gasteiger partial charge in [0.25, 0.3) is 0 Å². The zero-order valence-electron chi connectivity index (χ0n) is 17.7. The number of aryl methyl sites for hydroxylation is 1. The van der Waals surface area contributed by atoms with Crippen molar-refractivity contribution in [1.29, 1.82) is 0 Å². The van der Waals surface area contributed by atoms with Gasteiger partial charge < -0.3 is 4.31 Å². The Hall–Kier alpha value is -1.80. The van der Waals surface area contributed by atoms with Crippen molar-refractivity contribution >= 4 is 41.2 Å². The average molecular weight is 497 g/mol. The molecule has 0 spiro atoms. The quantitative estimate of drug-likeness (QED) is 0.227. The van der Waals surface area contributed by atoms with Crippen molar-refractivity contribution in [1.82, 2.24) is 4.72 Å². The lowest BCUT2D eigenvalue weighted by Crippen LogP contribution is -2.22. The normalized spacial score (nSPS) is 12.1. The summed E-state index contributed by atoms with van der Waals surface area (Å²) in [7, 11) is 1.86. The molecule has 32 heavy (non-hydrogen) atoms. The van der Waals surface area contributed by atoms with Crippen molar-refractivity contribution in [3.63, 3.8) is 0 Å². The molecule has 0 aromatic heterocycles. The molecule has 3 aromatic rings. The summed E-state index contributed by atoms with van der Waals surface area (Å²) in [6.45, 7) is 1.91. The predicted octanol–water partition coefficient (Wildman–Crippen LogP) is 7.83. The highest BCUT2D eigenvalue weighted by Gasteiger charge is 2.24. The van der Waals surface area contributed by atoms with Crippen LogP contribution in [0.4, 0.5) is 18.9 Å². The van der Waals surface area contributed by atoms with E-state index in [0.717, 1.165) is 40.3 Å². The summed E-state index contributed by atoms with van der Waals surface area (Å²) in [5.74, 6) is -0.499. The van der Waals surface area contributed by atoms with Gasteiger partial charge in [0.1, 0.15) is 17.5 Å². The standard InChI is InChI=1S/C24H24ClF3N2S2/c1-16(22-11-7-19(26)14-17(22)4-3-13-31-29-2)30(24-15-20(27)8-12-23(24)28)32-21-9-5-18(25)6-10-21/h5-12,14-16,29H,3-4,13H2,1-2H3. The number of halogens is 4. The van der Waals surface area contributed by atoms with Crippen LogP contribution < -0.4 is 9.03 Å². The van der Waals surface area contributed by atoms with Crippen LogP contribution in [0.25, 0.3) is 0 Å². The van der Waals surface area contributed by atoms with Crippen molar-refractivity contribution < 1.29 is 13.2 Å².